The summed E-state index contributed by atoms with van der Waals surface area (Å²) < 4.78 is 0. The Morgan fingerprint density at radius 1 is 0.889 bits per heavy atom. The van der Waals surface area contributed by atoms with Gasteiger partial charge in [-0.3, -0.25) is 0 Å². The summed E-state index contributed by atoms with van der Waals surface area (Å²) in [6.45, 7) is 9.00. The molecule has 0 fully saturated rings. The summed E-state index contributed by atoms with van der Waals surface area (Å²) >= 11 is 0. The van der Waals surface area contributed by atoms with Gasteiger partial charge in [-0.05, 0) is 23.6 Å². The quantitative estimate of drug-likeness (QED) is 0.694. The van der Waals surface area contributed by atoms with E-state index in [4.69, 9.17) is 9.97 Å². The third kappa shape index (κ3) is 1.41. The van der Waals surface area contributed by atoms with E-state index in [1.54, 1.807) is 0 Å². The Hall–Kier alpha value is -1.70. The molecule has 0 saturated heterocycles. The molecule has 1 aromatic carbocycles. The molecule has 2 heteroatoms. The number of allylic oxidation sites excluding steroid dienone is 1. The normalized spacial score (nSPS) is 19.8. The van der Waals surface area contributed by atoms with Gasteiger partial charge >= 0.3 is 0 Å². The molecule has 1 aliphatic rings. The summed E-state index contributed by atoms with van der Waals surface area (Å²) in [6, 6.07) is 8.07. The van der Waals surface area contributed by atoms with Crippen LogP contribution in [0.5, 0.6) is 0 Å². The minimum atomic E-state index is -0.00584. The van der Waals surface area contributed by atoms with E-state index < -0.39 is 0 Å². The highest BCUT2D eigenvalue weighted by atomic mass is 14.9. The highest BCUT2D eigenvalue weighted by molar-refractivity contribution is 5.76. The molecule has 0 unspecified atom stereocenters. The van der Waals surface area contributed by atoms with Gasteiger partial charge in [-0.25, -0.2) is 9.97 Å². The summed E-state index contributed by atoms with van der Waals surface area (Å²) in [4.78, 5) is 9.58. The molecule has 0 saturated carbocycles. The van der Waals surface area contributed by atoms with E-state index in [0.717, 1.165) is 22.4 Å². The Morgan fingerprint density at radius 3 is 2.17 bits per heavy atom. The van der Waals surface area contributed by atoms with Crippen LogP contribution in [-0.2, 0) is 5.41 Å². The van der Waals surface area contributed by atoms with Crippen LogP contribution in [0.4, 0.5) is 0 Å². The van der Waals surface area contributed by atoms with Gasteiger partial charge < -0.3 is 0 Å². The van der Waals surface area contributed by atoms with Crippen molar-refractivity contribution in [3.8, 4) is 0 Å². The van der Waals surface area contributed by atoms with Gasteiger partial charge in [-0.15, -0.1) is 0 Å². The van der Waals surface area contributed by atoms with E-state index in [9.17, 15) is 0 Å². The number of fused-ring (bicyclic) bond motifs is 2. The van der Waals surface area contributed by atoms with E-state index >= 15 is 0 Å². The molecule has 1 aliphatic carbocycles. The first-order valence-corrected chi connectivity index (χ1v) is 6.38. The Balaban J connectivity index is 2.34. The van der Waals surface area contributed by atoms with Crippen molar-refractivity contribution in [1.29, 1.82) is 0 Å². The lowest BCUT2D eigenvalue weighted by molar-refractivity contribution is 0.257. The topological polar surface area (TPSA) is 25.8 Å². The number of benzene rings is 1. The third-order valence-corrected chi connectivity index (χ3v) is 4.46. The molecule has 0 atom stereocenters. The van der Waals surface area contributed by atoms with Crippen LogP contribution < -0.4 is 0 Å². The van der Waals surface area contributed by atoms with Crippen molar-refractivity contribution in [2.24, 2.45) is 5.41 Å². The molecule has 18 heavy (non-hydrogen) atoms. The lowest BCUT2D eigenvalue weighted by atomic mass is 9.63. The Morgan fingerprint density at radius 2 is 1.50 bits per heavy atom. The zero-order chi connectivity index (χ0) is 13.0. The minimum Gasteiger partial charge on any atom is -0.248 e. The first-order valence-electron chi connectivity index (χ1n) is 6.38. The van der Waals surface area contributed by atoms with Crippen molar-refractivity contribution in [3.05, 3.63) is 41.7 Å². The average molecular weight is 238 g/mol. The maximum absolute atomic E-state index is 4.85. The van der Waals surface area contributed by atoms with Crippen molar-refractivity contribution in [2.75, 3.05) is 0 Å². The first-order chi connectivity index (χ1) is 8.42. The molecule has 0 spiro atoms. The molecule has 1 aromatic heterocycles. The zero-order valence-corrected chi connectivity index (χ0v) is 11.4. The maximum atomic E-state index is 4.85. The van der Waals surface area contributed by atoms with Crippen molar-refractivity contribution in [3.63, 3.8) is 0 Å². The van der Waals surface area contributed by atoms with Crippen LogP contribution in [0.2, 0.25) is 0 Å². The van der Waals surface area contributed by atoms with Gasteiger partial charge in [0.05, 0.1) is 22.4 Å². The highest BCUT2D eigenvalue weighted by Crippen LogP contribution is 2.46. The SMILES string of the molecule is CC1(C)C=Cc2nc3ccccc3nc2C1(C)C. The molecule has 1 heterocycles. The van der Waals surface area contributed by atoms with E-state index in [-0.39, 0.29) is 10.8 Å². The molecule has 2 aromatic rings. The van der Waals surface area contributed by atoms with Gasteiger partial charge in [0.2, 0.25) is 0 Å². The monoisotopic (exact) mass is 238 g/mol. The van der Waals surface area contributed by atoms with Crippen LogP contribution in [0.15, 0.2) is 30.3 Å². The Labute approximate surface area is 108 Å². The molecule has 0 bridgehead atoms. The van der Waals surface area contributed by atoms with Crippen molar-refractivity contribution >= 4 is 17.1 Å². The van der Waals surface area contributed by atoms with Gasteiger partial charge in [0, 0.05) is 5.41 Å². The molecular weight excluding hydrogens is 220 g/mol. The van der Waals surface area contributed by atoms with E-state index in [1.807, 2.05) is 24.3 Å². The van der Waals surface area contributed by atoms with E-state index in [1.165, 1.54) is 0 Å². The second-order valence-electron chi connectivity index (χ2n) is 6.13. The van der Waals surface area contributed by atoms with Crippen LogP contribution in [0.1, 0.15) is 39.1 Å². The molecular formula is C16H18N2. The second kappa shape index (κ2) is 3.41. The molecule has 3 rings (SSSR count). The van der Waals surface area contributed by atoms with Crippen molar-refractivity contribution < 1.29 is 0 Å². The van der Waals surface area contributed by atoms with Crippen LogP contribution >= 0.6 is 0 Å². The second-order valence-corrected chi connectivity index (χ2v) is 6.13. The zero-order valence-electron chi connectivity index (χ0n) is 11.4. The lowest BCUT2D eigenvalue weighted by Gasteiger charge is -2.42. The van der Waals surface area contributed by atoms with Crippen LogP contribution in [-0.4, -0.2) is 9.97 Å². The fourth-order valence-corrected chi connectivity index (χ4v) is 2.39. The van der Waals surface area contributed by atoms with E-state index in [0.29, 0.717) is 0 Å². The molecule has 0 amide bonds. The summed E-state index contributed by atoms with van der Waals surface area (Å²) in [5.74, 6) is 0. The van der Waals surface area contributed by atoms with Crippen LogP contribution in [0.3, 0.4) is 0 Å². The fourth-order valence-electron chi connectivity index (χ4n) is 2.39. The summed E-state index contributed by atoms with van der Waals surface area (Å²) in [5.41, 5.74) is 4.16. The van der Waals surface area contributed by atoms with Crippen molar-refractivity contribution in [1.82, 2.24) is 9.97 Å². The highest BCUT2D eigenvalue weighted by Gasteiger charge is 2.41. The predicted molar refractivity (Wildman–Crippen MR) is 75.4 cm³/mol. The number of para-hydroxylation sites is 2. The van der Waals surface area contributed by atoms with Crippen LogP contribution in [0, 0.1) is 5.41 Å². The molecule has 0 aliphatic heterocycles. The number of hydrogen-bond donors (Lipinski definition) is 0. The molecule has 92 valence electrons. The van der Waals surface area contributed by atoms with Gasteiger partial charge in [0.15, 0.2) is 0 Å². The largest absolute Gasteiger partial charge is 0.248 e. The summed E-state index contributed by atoms with van der Waals surface area (Å²) in [5, 5.41) is 0. The minimum absolute atomic E-state index is 0.00584. The van der Waals surface area contributed by atoms with E-state index in [2.05, 4.69) is 39.8 Å². The number of nitrogens with zero attached hydrogens (tertiary/aromatic N) is 2. The van der Waals surface area contributed by atoms with Gasteiger partial charge in [-0.1, -0.05) is 45.9 Å². The predicted octanol–water partition coefficient (Wildman–Crippen LogP) is 3.96. The molecule has 0 radical (unpaired) electrons. The van der Waals surface area contributed by atoms with Gasteiger partial charge in [-0.2, -0.15) is 0 Å². The Bertz CT molecular complexity index is 651. The lowest BCUT2D eigenvalue weighted by Crippen LogP contribution is -2.38. The number of hydrogen-bond acceptors (Lipinski definition) is 2. The molecule has 2 nitrogen and oxygen atoms in total. The summed E-state index contributed by atoms with van der Waals surface area (Å²) in [7, 11) is 0. The van der Waals surface area contributed by atoms with Gasteiger partial charge in [0.1, 0.15) is 0 Å². The van der Waals surface area contributed by atoms with Crippen molar-refractivity contribution in [2.45, 2.75) is 33.1 Å². The molecule has 0 N–H and O–H groups in total. The smallest absolute Gasteiger partial charge is 0.0894 e. The Kier molecular flexibility index (Phi) is 2.16. The summed E-state index contributed by atoms with van der Waals surface area (Å²) in [6.07, 6.45) is 4.36. The van der Waals surface area contributed by atoms with Crippen LogP contribution in [0.25, 0.3) is 17.1 Å². The number of aromatic nitrogens is 2. The average Bonchev–Trinajstić information content (AvgIpc) is 2.33. The standard InChI is InChI=1S/C16H18N2/c1-15(2)10-9-13-14(16(15,3)4)18-12-8-6-5-7-11(12)17-13/h5-10H,1-4H3. The first kappa shape index (κ1) is 11.4. The van der Waals surface area contributed by atoms with Gasteiger partial charge in [0.25, 0.3) is 0 Å². The maximum Gasteiger partial charge on any atom is 0.0894 e. The third-order valence-electron chi connectivity index (χ3n) is 4.46. The number of rotatable bonds is 0. The fraction of sp³-hybridized carbons (Fsp3) is 0.375.